The minimum atomic E-state index is 0.188. The molecule has 0 aliphatic rings. The SMILES string of the molecule is CCCCCCCCCCC(=NO)c1cc(C)ccc1O. The summed E-state index contributed by atoms with van der Waals surface area (Å²) in [6, 6.07) is 5.38. The summed E-state index contributed by atoms with van der Waals surface area (Å²) < 4.78 is 0. The van der Waals surface area contributed by atoms with E-state index in [1.807, 2.05) is 19.1 Å². The first-order chi connectivity index (χ1) is 10.2. The molecule has 0 aromatic heterocycles. The second-order valence-electron chi connectivity index (χ2n) is 5.79. The zero-order valence-electron chi connectivity index (χ0n) is 13.4. The molecule has 0 atom stereocenters. The molecular weight excluding hydrogens is 262 g/mol. The van der Waals surface area contributed by atoms with Crippen molar-refractivity contribution in [2.45, 2.75) is 71.6 Å². The normalized spacial score (nSPS) is 11.8. The summed E-state index contributed by atoms with van der Waals surface area (Å²) >= 11 is 0. The van der Waals surface area contributed by atoms with Crippen LogP contribution in [0.3, 0.4) is 0 Å². The monoisotopic (exact) mass is 291 g/mol. The van der Waals surface area contributed by atoms with Gasteiger partial charge in [-0.3, -0.25) is 0 Å². The lowest BCUT2D eigenvalue weighted by molar-refractivity contribution is 0.317. The van der Waals surface area contributed by atoms with E-state index in [0.717, 1.165) is 18.4 Å². The molecule has 21 heavy (non-hydrogen) atoms. The van der Waals surface area contributed by atoms with Crippen LogP contribution in [0.2, 0.25) is 0 Å². The van der Waals surface area contributed by atoms with E-state index in [4.69, 9.17) is 0 Å². The van der Waals surface area contributed by atoms with E-state index < -0.39 is 0 Å². The average Bonchev–Trinajstić information content (AvgIpc) is 2.49. The van der Waals surface area contributed by atoms with Crippen LogP contribution < -0.4 is 0 Å². The Balaban J connectivity index is 2.31. The third-order valence-corrected chi connectivity index (χ3v) is 3.85. The van der Waals surface area contributed by atoms with Crippen molar-refractivity contribution >= 4 is 5.71 Å². The van der Waals surface area contributed by atoms with E-state index >= 15 is 0 Å². The van der Waals surface area contributed by atoms with Crippen molar-refractivity contribution in [3.8, 4) is 5.75 Å². The number of aryl methyl sites for hydroxylation is 1. The van der Waals surface area contributed by atoms with Gasteiger partial charge in [0, 0.05) is 5.56 Å². The maximum absolute atomic E-state index is 9.87. The van der Waals surface area contributed by atoms with Crippen molar-refractivity contribution in [1.82, 2.24) is 0 Å². The van der Waals surface area contributed by atoms with Crippen LogP contribution in [-0.2, 0) is 0 Å². The van der Waals surface area contributed by atoms with Gasteiger partial charge in [0.1, 0.15) is 5.75 Å². The van der Waals surface area contributed by atoms with Gasteiger partial charge in [-0.15, -0.1) is 0 Å². The molecule has 0 spiro atoms. The number of unbranched alkanes of at least 4 members (excludes halogenated alkanes) is 7. The van der Waals surface area contributed by atoms with Crippen molar-refractivity contribution in [1.29, 1.82) is 0 Å². The van der Waals surface area contributed by atoms with Crippen LogP contribution in [-0.4, -0.2) is 16.0 Å². The Morgan fingerprint density at radius 1 is 1.00 bits per heavy atom. The summed E-state index contributed by atoms with van der Waals surface area (Å²) in [4.78, 5) is 0. The first-order valence-corrected chi connectivity index (χ1v) is 8.20. The van der Waals surface area contributed by atoms with Gasteiger partial charge in [-0.05, 0) is 31.9 Å². The third kappa shape index (κ3) is 6.65. The summed E-state index contributed by atoms with van der Waals surface area (Å²) in [7, 11) is 0. The van der Waals surface area contributed by atoms with Crippen LogP contribution in [0.15, 0.2) is 23.4 Å². The highest BCUT2D eigenvalue weighted by molar-refractivity contribution is 6.02. The molecule has 0 bridgehead atoms. The summed E-state index contributed by atoms with van der Waals surface area (Å²) in [6.07, 6.45) is 10.7. The Labute approximate surface area is 128 Å². The fraction of sp³-hybridized carbons (Fsp3) is 0.611. The molecule has 0 fully saturated rings. The highest BCUT2D eigenvalue weighted by Gasteiger charge is 2.09. The topological polar surface area (TPSA) is 52.8 Å². The molecule has 3 heteroatoms. The van der Waals surface area contributed by atoms with E-state index in [1.165, 1.54) is 38.5 Å². The molecule has 0 saturated carbocycles. The molecular formula is C18H29NO2. The van der Waals surface area contributed by atoms with E-state index in [2.05, 4.69) is 12.1 Å². The Kier molecular flexibility index (Phi) is 8.56. The van der Waals surface area contributed by atoms with Crippen LogP contribution in [0.25, 0.3) is 0 Å². The maximum atomic E-state index is 9.87. The first kappa shape index (κ1) is 17.5. The van der Waals surface area contributed by atoms with Crippen molar-refractivity contribution in [3.63, 3.8) is 0 Å². The fourth-order valence-corrected chi connectivity index (χ4v) is 2.55. The first-order valence-electron chi connectivity index (χ1n) is 8.20. The number of hydrogen-bond acceptors (Lipinski definition) is 3. The minimum absolute atomic E-state index is 0.188. The molecule has 0 heterocycles. The van der Waals surface area contributed by atoms with Crippen molar-refractivity contribution < 1.29 is 10.3 Å². The molecule has 2 N–H and O–H groups in total. The van der Waals surface area contributed by atoms with Gasteiger partial charge >= 0.3 is 0 Å². The molecule has 1 aromatic carbocycles. The highest BCUT2D eigenvalue weighted by atomic mass is 16.4. The van der Waals surface area contributed by atoms with Gasteiger partial charge in [0.15, 0.2) is 0 Å². The maximum Gasteiger partial charge on any atom is 0.124 e. The summed E-state index contributed by atoms with van der Waals surface area (Å²) in [6.45, 7) is 4.20. The van der Waals surface area contributed by atoms with Crippen LogP contribution >= 0.6 is 0 Å². The highest BCUT2D eigenvalue weighted by Crippen LogP contribution is 2.22. The summed E-state index contributed by atoms with van der Waals surface area (Å²) in [5, 5.41) is 22.4. The smallest absolute Gasteiger partial charge is 0.124 e. The molecule has 0 unspecified atom stereocenters. The fourth-order valence-electron chi connectivity index (χ4n) is 2.55. The molecule has 0 aliphatic heterocycles. The Morgan fingerprint density at radius 3 is 2.24 bits per heavy atom. The zero-order chi connectivity index (χ0) is 15.5. The van der Waals surface area contributed by atoms with Gasteiger partial charge in [0.05, 0.1) is 5.71 Å². The predicted molar refractivity (Wildman–Crippen MR) is 88.4 cm³/mol. The molecule has 3 nitrogen and oxygen atoms in total. The Hall–Kier alpha value is -1.51. The summed E-state index contributed by atoms with van der Waals surface area (Å²) in [5.41, 5.74) is 2.29. The van der Waals surface area contributed by atoms with E-state index in [9.17, 15) is 10.3 Å². The van der Waals surface area contributed by atoms with Gasteiger partial charge in [0.2, 0.25) is 0 Å². The molecule has 0 aliphatic carbocycles. The van der Waals surface area contributed by atoms with E-state index in [-0.39, 0.29) is 5.75 Å². The van der Waals surface area contributed by atoms with Crippen LogP contribution in [0.1, 0.15) is 75.8 Å². The Bertz CT molecular complexity index is 441. The van der Waals surface area contributed by atoms with Crippen LogP contribution in [0.5, 0.6) is 5.75 Å². The molecule has 0 amide bonds. The number of aromatic hydroxyl groups is 1. The lowest BCUT2D eigenvalue weighted by atomic mass is 10.00. The average molecular weight is 291 g/mol. The van der Waals surface area contributed by atoms with Gasteiger partial charge in [-0.25, -0.2) is 0 Å². The quantitative estimate of drug-likeness (QED) is 0.262. The van der Waals surface area contributed by atoms with Gasteiger partial charge < -0.3 is 10.3 Å². The van der Waals surface area contributed by atoms with Crippen molar-refractivity contribution in [2.75, 3.05) is 0 Å². The number of rotatable bonds is 10. The van der Waals surface area contributed by atoms with Gasteiger partial charge in [-0.2, -0.15) is 0 Å². The number of hydrogen-bond donors (Lipinski definition) is 2. The zero-order valence-corrected chi connectivity index (χ0v) is 13.4. The lowest BCUT2D eigenvalue weighted by Crippen LogP contribution is -2.02. The van der Waals surface area contributed by atoms with E-state index in [0.29, 0.717) is 17.7 Å². The van der Waals surface area contributed by atoms with Gasteiger partial charge in [-0.1, -0.05) is 68.7 Å². The van der Waals surface area contributed by atoms with Crippen LogP contribution in [0, 0.1) is 6.92 Å². The number of phenolic OH excluding ortho intramolecular Hbond substituents is 1. The largest absolute Gasteiger partial charge is 0.507 e. The molecule has 0 radical (unpaired) electrons. The second-order valence-corrected chi connectivity index (χ2v) is 5.79. The lowest BCUT2D eigenvalue weighted by Gasteiger charge is -2.08. The van der Waals surface area contributed by atoms with Crippen molar-refractivity contribution in [2.24, 2.45) is 5.16 Å². The van der Waals surface area contributed by atoms with Gasteiger partial charge in [0.25, 0.3) is 0 Å². The van der Waals surface area contributed by atoms with E-state index in [1.54, 1.807) is 6.07 Å². The number of oxime groups is 1. The summed E-state index contributed by atoms with van der Waals surface area (Å²) in [5.74, 6) is 0.188. The number of nitrogens with zero attached hydrogens (tertiary/aromatic N) is 1. The number of benzene rings is 1. The third-order valence-electron chi connectivity index (χ3n) is 3.85. The molecule has 1 rings (SSSR count). The number of phenols is 1. The standard InChI is InChI=1S/C18H29NO2/c1-3-4-5-6-7-8-9-10-11-17(19-21)16-14-15(2)12-13-18(16)20/h12-14,20-21H,3-11H2,1-2H3. The second kappa shape index (κ2) is 10.3. The van der Waals surface area contributed by atoms with Crippen molar-refractivity contribution in [3.05, 3.63) is 29.3 Å². The molecule has 1 aromatic rings. The predicted octanol–water partition coefficient (Wildman–Crippen LogP) is 5.41. The molecule has 118 valence electrons. The Morgan fingerprint density at radius 2 is 1.62 bits per heavy atom. The van der Waals surface area contributed by atoms with Crippen LogP contribution in [0.4, 0.5) is 0 Å². The molecule has 0 saturated heterocycles. The minimum Gasteiger partial charge on any atom is -0.507 e.